The van der Waals surface area contributed by atoms with Crippen LogP contribution in [0.4, 0.5) is 11.6 Å². The van der Waals surface area contributed by atoms with Gasteiger partial charge in [-0.25, -0.2) is 14.8 Å². The van der Waals surface area contributed by atoms with Gasteiger partial charge in [0.2, 0.25) is 0 Å². The highest BCUT2D eigenvalue weighted by Crippen LogP contribution is 2.10. The van der Waals surface area contributed by atoms with E-state index in [9.17, 15) is 9.59 Å². The molecule has 8 nitrogen and oxygen atoms in total. The summed E-state index contributed by atoms with van der Waals surface area (Å²) in [6.07, 6.45) is 5.19. The molecule has 0 atom stereocenters. The fourth-order valence-electron chi connectivity index (χ4n) is 1.91. The van der Waals surface area contributed by atoms with Gasteiger partial charge in [0.25, 0.3) is 0 Å². The molecular formula is C20H26N4O4. The molecule has 0 aliphatic carbocycles. The molecule has 8 heteroatoms. The minimum Gasteiger partial charge on any atom is -0.466 e. The molecule has 0 aliphatic rings. The van der Waals surface area contributed by atoms with Crippen LogP contribution in [-0.4, -0.2) is 35.1 Å². The Hall–Kier alpha value is -3.42. The zero-order valence-corrected chi connectivity index (χ0v) is 16.1. The van der Waals surface area contributed by atoms with Crippen LogP contribution < -0.4 is 11.1 Å². The minimum atomic E-state index is -0.453. The van der Waals surface area contributed by atoms with E-state index in [4.69, 9.17) is 15.2 Å². The van der Waals surface area contributed by atoms with Crippen molar-refractivity contribution in [2.45, 2.75) is 26.7 Å². The number of hydrogen-bond donors (Lipinski definition) is 2. The van der Waals surface area contributed by atoms with Crippen molar-refractivity contribution >= 4 is 23.6 Å². The average Bonchev–Trinajstić information content (AvgIpc) is 2.70. The third-order valence-electron chi connectivity index (χ3n) is 3.19. The molecule has 0 amide bonds. The van der Waals surface area contributed by atoms with E-state index < -0.39 is 5.97 Å². The van der Waals surface area contributed by atoms with Crippen molar-refractivity contribution in [1.82, 2.24) is 9.97 Å². The van der Waals surface area contributed by atoms with Crippen LogP contribution in [0.3, 0.4) is 0 Å². The fraction of sp³-hybridized carbons (Fsp3) is 0.300. The van der Waals surface area contributed by atoms with Crippen molar-refractivity contribution in [1.29, 1.82) is 0 Å². The number of nitrogens with two attached hydrogens (primary N) is 1. The highest BCUT2D eigenvalue weighted by Gasteiger charge is 2.13. The topological polar surface area (TPSA) is 116 Å². The maximum Gasteiger partial charge on any atom is 0.335 e. The van der Waals surface area contributed by atoms with Gasteiger partial charge in [-0.05, 0) is 44.5 Å². The van der Waals surface area contributed by atoms with Gasteiger partial charge in [0.1, 0.15) is 11.6 Å². The molecule has 0 aliphatic heterocycles. The molecule has 0 bridgehead atoms. The predicted octanol–water partition coefficient (Wildman–Crippen LogP) is 2.95. The number of esters is 2. The third-order valence-corrected chi connectivity index (χ3v) is 3.19. The molecule has 0 saturated heterocycles. The van der Waals surface area contributed by atoms with E-state index in [0.29, 0.717) is 23.8 Å². The zero-order chi connectivity index (χ0) is 20.6. The molecular weight excluding hydrogens is 360 g/mol. The number of nitrogens with one attached hydrogen (secondary N) is 1. The number of nitrogens with zero attached hydrogens (tertiary/aromatic N) is 2. The molecule has 3 N–H and O–H groups in total. The van der Waals surface area contributed by atoms with E-state index in [1.54, 1.807) is 44.4 Å². The number of nitrogen functional groups attached to an aromatic ring is 1. The molecule has 0 fully saturated rings. The van der Waals surface area contributed by atoms with Crippen LogP contribution >= 0.6 is 0 Å². The van der Waals surface area contributed by atoms with Crippen LogP contribution in [0, 0.1) is 0 Å². The number of ether oxygens (including phenoxy) is 2. The van der Waals surface area contributed by atoms with Crippen LogP contribution in [0.15, 0.2) is 60.6 Å². The van der Waals surface area contributed by atoms with E-state index >= 15 is 0 Å². The molecule has 0 spiro atoms. The summed E-state index contributed by atoms with van der Waals surface area (Å²) >= 11 is 0. The maximum absolute atomic E-state index is 11.8. The normalized spacial score (nSPS) is 10.3. The smallest absolute Gasteiger partial charge is 0.335 e. The van der Waals surface area contributed by atoms with Crippen molar-refractivity contribution in [2.75, 3.05) is 24.3 Å². The van der Waals surface area contributed by atoms with Crippen LogP contribution in [0.2, 0.25) is 0 Å². The number of rotatable bonds is 8. The Balaban J connectivity index is 0.000000467. The van der Waals surface area contributed by atoms with Gasteiger partial charge in [-0.2, -0.15) is 0 Å². The van der Waals surface area contributed by atoms with Gasteiger partial charge in [0, 0.05) is 25.0 Å². The molecule has 0 aromatic carbocycles. The Morgan fingerprint density at radius 2 is 1.68 bits per heavy atom. The summed E-state index contributed by atoms with van der Waals surface area (Å²) in [7, 11) is 0. The summed E-state index contributed by atoms with van der Waals surface area (Å²) in [5.74, 6) is 0.383. The lowest BCUT2D eigenvalue weighted by Crippen LogP contribution is -2.12. The molecule has 0 unspecified atom stereocenters. The predicted molar refractivity (Wildman–Crippen MR) is 107 cm³/mol. The van der Waals surface area contributed by atoms with Crippen molar-refractivity contribution in [3.8, 4) is 0 Å². The number of hydrogen-bond acceptors (Lipinski definition) is 8. The van der Waals surface area contributed by atoms with E-state index in [2.05, 4.69) is 15.3 Å². The number of aromatic nitrogens is 2. The Labute approximate surface area is 164 Å². The average molecular weight is 386 g/mol. The Kier molecular flexibility index (Phi) is 11.1. The molecule has 2 heterocycles. The van der Waals surface area contributed by atoms with Crippen LogP contribution in [0.5, 0.6) is 0 Å². The standard InChI is InChI=1S/C15H20N2O4.C5H6N2/c1-3-20-14(18)9-8-12(15(19)21-4-2)11-17-13-7-5-6-10-16-13;6-5-3-1-2-4-7-5/h5-7,10-11H,3-4,8-9H2,1-2H3,(H,16,17);1-4H,(H2,6,7)/b12-11-;. The van der Waals surface area contributed by atoms with E-state index in [1.807, 2.05) is 18.2 Å². The first-order valence-corrected chi connectivity index (χ1v) is 8.92. The Bertz CT molecular complexity index is 736. The SMILES string of the molecule is CCOC(=O)CC/C(=C/Nc1ccccn1)C(=O)OCC.Nc1ccccn1. The van der Waals surface area contributed by atoms with Gasteiger partial charge >= 0.3 is 11.9 Å². The van der Waals surface area contributed by atoms with Gasteiger partial charge in [-0.15, -0.1) is 0 Å². The second kappa shape index (κ2) is 13.7. The Morgan fingerprint density at radius 1 is 1.00 bits per heavy atom. The molecule has 28 heavy (non-hydrogen) atoms. The number of carbonyl (C=O) groups is 2. The second-order valence-corrected chi connectivity index (χ2v) is 5.31. The quantitative estimate of drug-likeness (QED) is 0.525. The first-order chi connectivity index (χ1) is 13.6. The third kappa shape index (κ3) is 9.91. The summed E-state index contributed by atoms with van der Waals surface area (Å²) in [5, 5.41) is 2.91. The molecule has 0 radical (unpaired) electrons. The molecule has 0 saturated carbocycles. The maximum atomic E-state index is 11.8. The van der Waals surface area contributed by atoms with Crippen molar-refractivity contribution in [2.24, 2.45) is 0 Å². The van der Waals surface area contributed by atoms with Crippen molar-refractivity contribution in [3.05, 3.63) is 60.6 Å². The summed E-state index contributed by atoms with van der Waals surface area (Å²) in [6.45, 7) is 4.07. The summed E-state index contributed by atoms with van der Waals surface area (Å²) < 4.78 is 9.81. The van der Waals surface area contributed by atoms with Gasteiger partial charge in [-0.3, -0.25) is 4.79 Å². The summed E-state index contributed by atoms with van der Waals surface area (Å²) in [6, 6.07) is 10.8. The van der Waals surface area contributed by atoms with Gasteiger partial charge < -0.3 is 20.5 Å². The lowest BCUT2D eigenvalue weighted by molar-refractivity contribution is -0.143. The molecule has 2 rings (SSSR count). The highest BCUT2D eigenvalue weighted by molar-refractivity contribution is 5.89. The van der Waals surface area contributed by atoms with Gasteiger partial charge in [-0.1, -0.05) is 12.1 Å². The fourth-order valence-corrected chi connectivity index (χ4v) is 1.91. The first kappa shape index (κ1) is 22.6. The largest absolute Gasteiger partial charge is 0.466 e. The van der Waals surface area contributed by atoms with Gasteiger partial charge in [0.05, 0.1) is 18.8 Å². The van der Waals surface area contributed by atoms with Crippen LogP contribution in [-0.2, 0) is 19.1 Å². The molecule has 150 valence electrons. The zero-order valence-electron chi connectivity index (χ0n) is 16.1. The number of pyridine rings is 2. The van der Waals surface area contributed by atoms with Crippen LogP contribution in [0.1, 0.15) is 26.7 Å². The lowest BCUT2D eigenvalue weighted by atomic mass is 10.1. The van der Waals surface area contributed by atoms with E-state index in [0.717, 1.165) is 0 Å². The number of anilines is 2. The molecule has 2 aromatic rings. The highest BCUT2D eigenvalue weighted by atomic mass is 16.5. The minimum absolute atomic E-state index is 0.127. The molecule has 2 aromatic heterocycles. The van der Waals surface area contributed by atoms with E-state index in [-0.39, 0.29) is 25.4 Å². The van der Waals surface area contributed by atoms with E-state index in [1.165, 1.54) is 6.20 Å². The monoisotopic (exact) mass is 386 g/mol. The summed E-state index contributed by atoms with van der Waals surface area (Å²) in [5.41, 5.74) is 5.62. The van der Waals surface area contributed by atoms with Gasteiger partial charge in [0.15, 0.2) is 0 Å². The lowest BCUT2D eigenvalue weighted by Gasteiger charge is -2.08. The first-order valence-electron chi connectivity index (χ1n) is 8.92. The van der Waals surface area contributed by atoms with Crippen LogP contribution in [0.25, 0.3) is 0 Å². The number of carbonyl (C=O) groups excluding carboxylic acids is 2. The second-order valence-electron chi connectivity index (χ2n) is 5.31. The van der Waals surface area contributed by atoms with Crippen molar-refractivity contribution < 1.29 is 19.1 Å². The summed E-state index contributed by atoms with van der Waals surface area (Å²) in [4.78, 5) is 31.0. The van der Waals surface area contributed by atoms with Crippen molar-refractivity contribution in [3.63, 3.8) is 0 Å². The Morgan fingerprint density at radius 3 is 2.18 bits per heavy atom.